The van der Waals surface area contributed by atoms with Crippen molar-refractivity contribution in [1.29, 1.82) is 5.41 Å². The maximum absolute atomic E-state index is 9.91. The van der Waals surface area contributed by atoms with Crippen molar-refractivity contribution in [1.82, 2.24) is 0 Å². The molecule has 0 aromatic carbocycles. The topological polar surface area (TPSA) is 78.2 Å². The van der Waals surface area contributed by atoms with Crippen molar-refractivity contribution in [3.05, 3.63) is 0 Å². The van der Waals surface area contributed by atoms with Gasteiger partial charge in [-0.25, -0.2) is 0 Å². The van der Waals surface area contributed by atoms with Gasteiger partial charge in [0, 0.05) is 0 Å². The Kier molecular flexibility index (Phi) is 9.87. The van der Waals surface area contributed by atoms with Crippen molar-refractivity contribution >= 4 is 29.0 Å². The van der Waals surface area contributed by atoms with Crippen molar-refractivity contribution in [3.8, 4) is 0 Å². The largest absolute Gasteiger partial charge is 0.313 e. The maximum Gasteiger partial charge on any atom is 0.264 e. The highest BCUT2D eigenvalue weighted by molar-refractivity contribution is 7.85. The highest BCUT2D eigenvalue weighted by Gasteiger charge is 2.00. The summed E-state index contributed by atoms with van der Waals surface area (Å²) in [7, 11) is -3.74. The molecule has 0 aliphatic carbocycles. The van der Waals surface area contributed by atoms with Crippen molar-refractivity contribution in [2.45, 2.75) is 13.3 Å². The van der Waals surface area contributed by atoms with E-state index in [0.717, 1.165) is 0 Å². The summed E-state index contributed by atoms with van der Waals surface area (Å²) in [4.78, 5) is 0. The van der Waals surface area contributed by atoms with Gasteiger partial charge in [0.1, 0.15) is 0 Å². The second kappa shape index (κ2) is 8.03. The predicted octanol–water partition coefficient (Wildman–Crippen LogP) is 0.850. The van der Waals surface area contributed by atoms with Crippen molar-refractivity contribution < 1.29 is 13.0 Å². The molecule has 0 spiro atoms. The predicted molar refractivity (Wildman–Crippen MR) is 49.3 cm³/mol. The summed E-state index contributed by atoms with van der Waals surface area (Å²) in [5.74, 6) is 0.302. The van der Waals surface area contributed by atoms with Crippen LogP contribution in [0.15, 0.2) is 0 Å². The third-order valence-electron chi connectivity index (χ3n) is 0.560. The fraction of sp³-hybridized carbons (Fsp3) is 0.800. The third-order valence-corrected chi connectivity index (χ3v) is 1.68. The van der Waals surface area contributed by atoms with Crippen LogP contribution in [0, 0.1) is 5.41 Å². The van der Waals surface area contributed by atoms with Gasteiger partial charge in [0.2, 0.25) is 0 Å². The molecule has 0 heterocycles. The van der Waals surface area contributed by atoms with E-state index in [2.05, 4.69) is 12.6 Å². The molecular formula is C5H13NO3S2. The lowest BCUT2D eigenvalue weighted by molar-refractivity contribution is 0.482. The summed E-state index contributed by atoms with van der Waals surface area (Å²) in [6.07, 6.45) is 1.65. The Labute approximate surface area is 72.7 Å². The van der Waals surface area contributed by atoms with Crippen LogP contribution in [-0.4, -0.2) is 30.7 Å². The minimum absolute atomic E-state index is 0.184. The summed E-state index contributed by atoms with van der Waals surface area (Å²) in [5.41, 5.74) is 0. The Morgan fingerprint density at radius 1 is 1.64 bits per heavy atom. The van der Waals surface area contributed by atoms with E-state index in [4.69, 9.17) is 9.96 Å². The monoisotopic (exact) mass is 199 g/mol. The molecule has 0 unspecified atom stereocenters. The van der Waals surface area contributed by atoms with Gasteiger partial charge >= 0.3 is 0 Å². The van der Waals surface area contributed by atoms with E-state index in [-0.39, 0.29) is 5.75 Å². The first-order valence-corrected chi connectivity index (χ1v) is 5.23. The Morgan fingerprint density at radius 2 is 2.00 bits per heavy atom. The molecular weight excluding hydrogens is 186 g/mol. The molecule has 0 radical (unpaired) electrons. The van der Waals surface area contributed by atoms with E-state index in [1.807, 2.05) is 0 Å². The van der Waals surface area contributed by atoms with Crippen LogP contribution in [0.1, 0.15) is 13.3 Å². The summed E-state index contributed by atoms with van der Waals surface area (Å²) in [5, 5.41) is 6.08. The molecule has 11 heavy (non-hydrogen) atoms. The number of nitrogens with one attached hydrogen (secondary N) is 1. The quantitative estimate of drug-likeness (QED) is 0.358. The van der Waals surface area contributed by atoms with Crippen molar-refractivity contribution in [3.63, 3.8) is 0 Å². The van der Waals surface area contributed by atoms with E-state index in [1.54, 1.807) is 6.92 Å². The summed E-state index contributed by atoms with van der Waals surface area (Å²) in [6.45, 7) is 1.67. The van der Waals surface area contributed by atoms with Gasteiger partial charge in [0.05, 0.1) is 5.75 Å². The number of hydrogen-bond acceptors (Lipinski definition) is 4. The van der Waals surface area contributed by atoms with Crippen LogP contribution >= 0.6 is 12.6 Å². The molecule has 0 aliphatic heterocycles. The molecule has 0 aliphatic rings. The first kappa shape index (κ1) is 13.5. The van der Waals surface area contributed by atoms with Gasteiger partial charge in [-0.15, -0.1) is 0 Å². The lowest BCUT2D eigenvalue weighted by atomic mass is 10.6. The molecule has 0 rings (SSSR count). The fourth-order valence-corrected chi connectivity index (χ4v) is 1.13. The van der Waals surface area contributed by atoms with E-state index in [9.17, 15) is 8.42 Å². The minimum Gasteiger partial charge on any atom is -0.313 e. The molecule has 0 aromatic rings. The molecule has 2 N–H and O–H groups in total. The van der Waals surface area contributed by atoms with Crippen LogP contribution in [0.3, 0.4) is 0 Å². The molecule has 0 bridgehead atoms. The third kappa shape index (κ3) is 25.7. The number of hydrogen-bond donors (Lipinski definition) is 3. The zero-order chi connectivity index (χ0) is 9.33. The number of thiol groups is 1. The van der Waals surface area contributed by atoms with Gasteiger partial charge in [-0.05, 0) is 25.3 Å². The first-order valence-electron chi connectivity index (χ1n) is 2.99. The standard InChI is InChI=1S/C3H8O3S2.C2H5N/c4-8(5,6)3-1-2-7;1-2-3/h7H,1-3H2,(H,4,5,6);2-3H,1H3. The molecule has 0 aromatic heterocycles. The van der Waals surface area contributed by atoms with Gasteiger partial charge in [-0.3, -0.25) is 4.55 Å². The molecule has 68 valence electrons. The zero-order valence-corrected chi connectivity index (χ0v) is 8.03. The number of rotatable bonds is 3. The van der Waals surface area contributed by atoms with Crippen LogP contribution in [0.4, 0.5) is 0 Å². The zero-order valence-electron chi connectivity index (χ0n) is 6.32. The lowest BCUT2D eigenvalue weighted by Gasteiger charge is -1.89. The minimum atomic E-state index is -3.74. The Balaban J connectivity index is 0. The first-order chi connectivity index (χ1) is 4.97. The molecule has 0 fully saturated rings. The summed E-state index contributed by atoms with van der Waals surface area (Å²) < 4.78 is 27.9. The highest BCUT2D eigenvalue weighted by atomic mass is 32.2. The lowest BCUT2D eigenvalue weighted by Crippen LogP contribution is -2.03. The van der Waals surface area contributed by atoms with Gasteiger partial charge < -0.3 is 5.41 Å². The second-order valence-electron chi connectivity index (χ2n) is 1.65. The van der Waals surface area contributed by atoms with Gasteiger partial charge in [0.15, 0.2) is 0 Å². The van der Waals surface area contributed by atoms with Gasteiger partial charge in [-0.1, -0.05) is 0 Å². The fourth-order valence-electron chi connectivity index (χ4n) is 0.247. The van der Waals surface area contributed by atoms with Crippen LogP contribution in [0.25, 0.3) is 0 Å². The smallest absolute Gasteiger partial charge is 0.264 e. The SMILES string of the molecule is CC=N.O=S(=O)(O)CCCS. The molecule has 4 nitrogen and oxygen atoms in total. The molecule has 0 amide bonds. The Morgan fingerprint density at radius 3 is 2.09 bits per heavy atom. The van der Waals surface area contributed by atoms with Gasteiger partial charge in [0.25, 0.3) is 10.1 Å². The highest BCUT2D eigenvalue weighted by Crippen LogP contribution is 1.88. The molecule has 0 saturated heterocycles. The molecule has 6 heteroatoms. The Hall–Kier alpha value is -0.0700. The average molecular weight is 199 g/mol. The van der Waals surface area contributed by atoms with Crippen LogP contribution in [0.5, 0.6) is 0 Å². The molecule has 0 atom stereocenters. The van der Waals surface area contributed by atoms with Crippen LogP contribution in [0.2, 0.25) is 0 Å². The van der Waals surface area contributed by atoms with E-state index in [1.165, 1.54) is 6.21 Å². The van der Waals surface area contributed by atoms with E-state index in [0.29, 0.717) is 12.2 Å². The normalized spacial score (nSPS) is 9.73. The average Bonchev–Trinajstić information content (AvgIpc) is 1.84. The van der Waals surface area contributed by atoms with Crippen molar-refractivity contribution in [2.75, 3.05) is 11.5 Å². The van der Waals surface area contributed by atoms with Crippen LogP contribution in [-0.2, 0) is 10.1 Å². The summed E-state index contributed by atoms with van der Waals surface area (Å²) >= 11 is 3.76. The summed E-state index contributed by atoms with van der Waals surface area (Å²) in [6, 6.07) is 0. The second-order valence-corrected chi connectivity index (χ2v) is 3.67. The molecule has 0 saturated carbocycles. The van der Waals surface area contributed by atoms with Crippen molar-refractivity contribution in [2.24, 2.45) is 0 Å². The van der Waals surface area contributed by atoms with E-state index >= 15 is 0 Å². The van der Waals surface area contributed by atoms with E-state index < -0.39 is 10.1 Å². The van der Waals surface area contributed by atoms with Gasteiger partial charge in [-0.2, -0.15) is 21.0 Å². The van der Waals surface area contributed by atoms with Crippen LogP contribution < -0.4 is 0 Å². The Bertz CT molecular complexity index is 176. The maximum atomic E-state index is 9.91.